The number of sulfonamides is 1. The zero-order valence-electron chi connectivity index (χ0n) is 14.2. The number of nitrogens with one attached hydrogen (secondary N) is 1. The number of halogens is 2. The number of carbonyl (C=O) groups is 1. The molecule has 2 aromatic rings. The molecule has 0 fully saturated rings. The first-order valence-corrected chi connectivity index (χ1v) is 9.56. The van der Waals surface area contributed by atoms with Crippen molar-refractivity contribution in [3.05, 3.63) is 48.0 Å². The minimum atomic E-state index is -3.81. The Morgan fingerprint density at radius 1 is 1.15 bits per heavy atom. The van der Waals surface area contributed by atoms with E-state index in [1.54, 1.807) is 0 Å². The van der Waals surface area contributed by atoms with Crippen molar-refractivity contribution < 1.29 is 31.5 Å². The first kappa shape index (κ1) is 18.9. The minimum Gasteiger partial charge on any atom is -0.454 e. The zero-order valence-corrected chi connectivity index (χ0v) is 15.1. The van der Waals surface area contributed by atoms with Crippen LogP contribution in [-0.2, 0) is 14.8 Å². The standard InChI is InChI=1S/C17H16F2N2O5S/c1-2-27(23,24)21(12-4-6-15-16(8-12)26-10-25-15)9-17(22)20-14-5-3-11(18)7-13(14)19/h3-8H,2,9-10H2,1H3,(H,20,22). The predicted octanol–water partition coefficient (Wildman–Crippen LogP) is 2.49. The molecular formula is C17H16F2N2O5S. The predicted molar refractivity (Wildman–Crippen MR) is 94.4 cm³/mol. The van der Waals surface area contributed by atoms with E-state index in [1.165, 1.54) is 25.1 Å². The van der Waals surface area contributed by atoms with Crippen molar-refractivity contribution in [2.45, 2.75) is 6.92 Å². The van der Waals surface area contributed by atoms with Crippen molar-refractivity contribution in [2.24, 2.45) is 0 Å². The van der Waals surface area contributed by atoms with Crippen molar-refractivity contribution in [1.29, 1.82) is 0 Å². The smallest absolute Gasteiger partial charge is 0.245 e. The summed E-state index contributed by atoms with van der Waals surface area (Å²) in [5.41, 5.74) is -0.0447. The second kappa shape index (κ2) is 7.39. The number of anilines is 2. The van der Waals surface area contributed by atoms with E-state index in [2.05, 4.69) is 5.32 Å². The van der Waals surface area contributed by atoms with Gasteiger partial charge in [-0.15, -0.1) is 0 Å². The Bertz CT molecular complexity index is 981. The molecule has 0 saturated carbocycles. The summed E-state index contributed by atoms with van der Waals surface area (Å²) in [5, 5.41) is 2.24. The summed E-state index contributed by atoms with van der Waals surface area (Å²) in [4.78, 5) is 12.3. The van der Waals surface area contributed by atoms with Gasteiger partial charge in [0, 0.05) is 12.1 Å². The fourth-order valence-electron chi connectivity index (χ4n) is 2.46. The van der Waals surface area contributed by atoms with E-state index in [4.69, 9.17) is 9.47 Å². The maximum absolute atomic E-state index is 13.7. The highest BCUT2D eigenvalue weighted by atomic mass is 32.2. The van der Waals surface area contributed by atoms with Gasteiger partial charge in [-0.1, -0.05) is 0 Å². The second-order valence-corrected chi connectivity index (χ2v) is 7.80. The van der Waals surface area contributed by atoms with Gasteiger partial charge in [0.05, 0.1) is 17.1 Å². The van der Waals surface area contributed by atoms with Crippen LogP contribution in [0.2, 0.25) is 0 Å². The summed E-state index contributed by atoms with van der Waals surface area (Å²) in [6, 6.07) is 7.12. The third kappa shape index (κ3) is 4.11. The molecule has 2 aromatic carbocycles. The molecule has 1 aliphatic rings. The fraction of sp³-hybridized carbons (Fsp3) is 0.235. The molecule has 0 aromatic heterocycles. The van der Waals surface area contributed by atoms with E-state index in [-0.39, 0.29) is 23.9 Å². The number of ether oxygens (including phenoxy) is 2. The lowest BCUT2D eigenvalue weighted by atomic mass is 10.2. The highest BCUT2D eigenvalue weighted by Crippen LogP contribution is 2.36. The lowest BCUT2D eigenvalue weighted by Crippen LogP contribution is -2.39. The van der Waals surface area contributed by atoms with Gasteiger partial charge in [0.2, 0.25) is 22.7 Å². The second-order valence-electron chi connectivity index (χ2n) is 5.62. The summed E-state index contributed by atoms with van der Waals surface area (Å²) < 4.78 is 62.9. The van der Waals surface area contributed by atoms with Crippen LogP contribution in [0.15, 0.2) is 36.4 Å². The molecule has 144 valence electrons. The SMILES string of the molecule is CCS(=O)(=O)N(CC(=O)Nc1ccc(F)cc1F)c1ccc2c(c1)OCO2. The van der Waals surface area contributed by atoms with E-state index >= 15 is 0 Å². The minimum absolute atomic E-state index is 0.0175. The van der Waals surface area contributed by atoms with E-state index in [0.717, 1.165) is 16.4 Å². The van der Waals surface area contributed by atoms with E-state index in [9.17, 15) is 22.0 Å². The Morgan fingerprint density at radius 2 is 1.89 bits per heavy atom. The topological polar surface area (TPSA) is 84.9 Å². The first-order chi connectivity index (χ1) is 12.8. The summed E-state index contributed by atoms with van der Waals surface area (Å²) in [5.74, 6) is -1.97. The van der Waals surface area contributed by atoms with Gasteiger partial charge < -0.3 is 14.8 Å². The average Bonchev–Trinajstić information content (AvgIpc) is 3.09. The molecule has 0 saturated heterocycles. The molecule has 3 rings (SSSR count). The van der Waals surface area contributed by atoms with E-state index in [1.807, 2.05) is 0 Å². The third-order valence-corrected chi connectivity index (χ3v) is 5.58. The number of hydrogen-bond donors (Lipinski definition) is 1. The Kier molecular flexibility index (Phi) is 5.17. The Balaban J connectivity index is 1.85. The van der Waals surface area contributed by atoms with Crippen LogP contribution < -0.4 is 19.1 Å². The molecule has 0 radical (unpaired) electrons. The van der Waals surface area contributed by atoms with Crippen LogP contribution in [-0.4, -0.2) is 33.4 Å². The number of rotatable bonds is 6. The highest BCUT2D eigenvalue weighted by Gasteiger charge is 2.26. The Labute approximate surface area is 154 Å². The van der Waals surface area contributed by atoms with Crippen LogP contribution in [0.3, 0.4) is 0 Å². The van der Waals surface area contributed by atoms with Gasteiger partial charge in [-0.25, -0.2) is 17.2 Å². The Morgan fingerprint density at radius 3 is 2.59 bits per heavy atom. The number of nitrogens with zero attached hydrogens (tertiary/aromatic N) is 1. The maximum atomic E-state index is 13.7. The highest BCUT2D eigenvalue weighted by molar-refractivity contribution is 7.92. The van der Waals surface area contributed by atoms with Crippen LogP contribution in [0.4, 0.5) is 20.2 Å². The van der Waals surface area contributed by atoms with Gasteiger partial charge in [0.25, 0.3) is 0 Å². The van der Waals surface area contributed by atoms with Crippen LogP contribution >= 0.6 is 0 Å². The molecule has 0 aliphatic carbocycles. The molecule has 10 heteroatoms. The molecule has 0 bridgehead atoms. The monoisotopic (exact) mass is 398 g/mol. The molecule has 1 heterocycles. The largest absolute Gasteiger partial charge is 0.454 e. The molecule has 1 N–H and O–H groups in total. The number of amides is 1. The van der Waals surface area contributed by atoms with E-state index < -0.39 is 34.1 Å². The molecule has 1 amide bonds. The lowest BCUT2D eigenvalue weighted by molar-refractivity contribution is -0.114. The van der Waals surface area contributed by atoms with Gasteiger partial charge in [0.15, 0.2) is 11.5 Å². The molecular weight excluding hydrogens is 382 g/mol. The van der Waals surface area contributed by atoms with Crippen molar-refractivity contribution in [2.75, 3.05) is 28.7 Å². The van der Waals surface area contributed by atoms with Crippen molar-refractivity contribution in [3.63, 3.8) is 0 Å². The average molecular weight is 398 g/mol. The summed E-state index contributed by atoms with van der Waals surface area (Å²) in [6.07, 6.45) is 0. The zero-order chi connectivity index (χ0) is 19.6. The summed E-state index contributed by atoms with van der Waals surface area (Å²) in [7, 11) is -3.81. The molecule has 27 heavy (non-hydrogen) atoms. The third-order valence-electron chi connectivity index (χ3n) is 3.84. The molecule has 0 unspecified atom stereocenters. The van der Waals surface area contributed by atoms with Crippen LogP contribution in [0.25, 0.3) is 0 Å². The first-order valence-electron chi connectivity index (χ1n) is 7.95. The van der Waals surface area contributed by atoms with Crippen LogP contribution in [0.1, 0.15) is 6.92 Å². The fourth-order valence-corrected chi connectivity index (χ4v) is 3.52. The van der Waals surface area contributed by atoms with Crippen molar-refractivity contribution >= 4 is 27.3 Å². The number of carbonyl (C=O) groups excluding carboxylic acids is 1. The van der Waals surface area contributed by atoms with Gasteiger partial charge in [-0.3, -0.25) is 9.10 Å². The van der Waals surface area contributed by atoms with Crippen molar-refractivity contribution in [3.8, 4) is 11.5 Å². The summed E-state index contributed by atoms with van der Waals surface area (Å²) in [6.45, 7) is 0.864. The van der Waals surface area contributed by atoms with Crippen LogP contribution in [0.5, 0.6) is 11.5 Å². The van der Waals surface area contributed by atoms with Gasteiger partial charge in [-0.2, -0.15) is 0 Å². The van der Waals surface area contributed by atoms with E-state index in [0.29, 0.717) is 17.6 Å². The van der Waals surface area contributed by atoms with Crippen LogP contribution in [0, 0.1) is 11.6 Å². The molecule has 1 aliphatic heterocycles. The molecule has 7 nitrogen and oxygen atoms in total. The summed E-state index contributed by atoms with van der Waals surface area (Å²) >= 11 is 0. The van der Waals surface area contributed by atoms with Gasteiger partial charge in [-0.05, 0) is 31.2 Å². The lowest BCUT2D eigenvalue weighted by Gasteiger charge is -2.23. The number of hydrogen-bond acceptors (Lipinski definition) is 5. The number of fused-ring (bicyclic) bond motifs is 1. The molecule has 0 spiro atoms. The Hall–Kier alpha value is -2.88. The molecule has 0 atom stereocenters. The van der Waals surface area contributed by atoms with Gasteiger partial charge in [0.1, 0.15) is 18.2 Å². The normalized spacial score (nSPS) is 12.7. The number of benzene rings is 2. The quantitative estimate of drug-likeness (QED) is 0.808. The van der Waals surface area contributed by atoms with Gasteiger partial charge >= 0.3 is 0 Å². The maximum Gasteiger partial charge on any atom is 0.245 e. The van der Waals surface area contributed by atoms with Crippen molar-refractivity contribution in [1.82, 2.24) is 0 Å².